The Balaban J connectivity index is 2.27. The summed E-state index contributed by atoms with van der Waals surface area (Å²) in [6.07, 6.45) is 0.884. The van der Waals surface area contributed by atoms with Crippen molar-refractivity contribution in [2.75, 3.05) is 33.3 Å². The van der Waals surface area contributed by atoms with Crippen molar-refractivity contribution >= 4 is 0 Å². The van der Waals surface area contributed by atoms with Crippen molar-refractivity contribution in [1.82, 2.24) is 10.2 Å². The monoisotopic (exact) mass is 278 g/mol. The lowest BCUT2D eigenvalue weighted by Crippen LogP contribution is -2.45. The number of nitrogens with zero attached hydrogens (tertiary/aromatic N) is 1. The van der Waals surface area contributed by atoms with E-state index in [0.717, 1.165) is 43.7 Å². The molecular formula is C16H23FN2O. The number of rotatable bonds is 5. The van der Waals surface area contributed by atoms with E-state index >= 15 is 0 Å². The molecule has 1 aromatic rings. The average Bonchev–Trinajstić information content (AvgIpc) is 2.46. The summed E-state index contributed by atoms with van der Waals surface area (Å²) in [6, 6.07) is 5.39. The number of nitrogens with one attached hydrogen (secondary N) is 1. The third kappa shape index (κ3) is 3.58. The maximum absolute atomic E-state index is 13.6. The van der Waals surface area contributed by atoms with Gasteiger partial charge in [0.05, 0.1) is 7.11 Å². The van der Waals surface area contributed by atoms with Crippen LogP contribution in [-0.4, -0.2) is 38.2 Å². The van der Waals surface area contributed by atoms with Gasteiger partial charge in [0, 0.05) is 32.2 Å². The van der Waals surface area contributed by atoms with Crippen molar-refractivity contribution in [2.24, 2.45) is 0 Å². The summed E-state index contributed by atoms with van der Waals surface area (Å²) in [5, 5.41) is 3.36. The van der Waals surface area contributed by atoms with Gasteiger partial charge in [-0.15, -0.1) is 6.58 Å². The van der Waals surface area contributed by atoms with Crippen LogP contribution in [0.3, 0.4) is 0 Å². The fourth-order valence-electron chi connectivity index (χ4n) is 2.67. The average molecular weight is 278 g/mol. The molecule has 0 radical (unpaired) electrons. The molecule has 1 aliphatic rings. The summed E-state index contributed by atoms with van der Waals surface area (Å²) in [5.41, 5.74) is 2.23. The highest BCUT2D eigenvalue weighted by Gasteiger charge is 2.23. The molecule has 0 saturated carbocycles. The standard InChI is InChI=1S/C16H23FN2O/c1-12(2)10-15(19-8-6-18-7-9-19)13-4-5-14(17)16(11-13)20-3/h4-5,11,15,18H,1,6-10H2,2-3H3/t15-/m0/s1. The minimum Gasteiger partial charge on any atom is -0.494 e. The third-order valence-corrected chi connectivity index (χ3v) is 3.69. The van der Waals surface area contributed by atoms with Gasteiger partial charge >= 0.3 is 0 Å². The van der Waals surface area contributed by atoms with Crippen LogP contribution in [0.1, 0.15) is 24.9 Å². The lowest BCUT2D eigenvalue weighted by atomic mass is 9.97. The summed E-state index contributed by atoms with van der Waals surface area (Å²) in [7, 11) is 1.50. The topological polar surface area (TPSA) is 24.5 Å². The number of hydrogen-bond acceptors (Lipinski definition) is 3. The first-order valence-electron chi connectivity index (χ1n) is 7.04. The summed E-state index contributed by atoms with van der Waals surface area (Å²) < 4.78 is 18.7. The molecule has 1 fully saturated rings. The van der Waals surface area contributed by atoms with Gasteiger partial charge in [-0.3, -0.25) is 4.90 Å². The third-order valence-electron chi connectivity index (χ3n) is 3.69. The molecule has 1 aromatic carbocycles. The van der Waals surface area contributed by atoms with Gasteiger partial charge in [-0.1, -0.05) is 11.6 Å². The zero-order valence-corrected chi connectivity index (χ0v) is 12.3. The Morgan fingerprint density at radius 1 is 1.45 bits per heavy atom. The zero-order valence-electron chi connectivity index (χ0n) is 12.3. The summed E-state index contributed by atoms with van der Waals surface area (Å²) in [4.78, 5) is 2.43. The molecule has 0 spiro atoms. The van der Waals surface area contributed by atoms with Gasteiger partial charge in [-0.05, 0) is 31.0 Å². The van der Waals surface area contributed by atoms with Crippen LogP contribution in [0.4, 0.5) is 4.39 Å². The predicted octanol–water partition coefficient (Wildman–Crippen LogP) is 2.75. The molecule has 0 bridgehead atoms. The van der Waals surface area contributed by atoms with Gasteiger partial charge in [0.25, 0.3) is 0 Å². The molecule has 20 heavy (non-hydrogen) atoms. The summed E-state index contributed by atoms with van der Waals surface area (Å²) in [6.45, 7) is 10.0. The fraction of sp³-hybridized carbons (Fsp3) is 0.500. The van der Waals surface area contributed by atoms with E-state index in [1.54, 1.807) is 0 Å². The molecule has 0 amide bonds. The molecule has 1 atom stereocenters. The maximum Gasteiger partial charge on any atom is 0.165 e. The van der Waals surface area contributed by atoms with Crippen molar-refractivity contribution in [3.05, 3.63) is 41.7 Å². The van der Waals surface area contributed by atoms with Crippen molar-refractivity contribution in [2.45, 2.75) is 19.4 Å². The first-order valence-corrected chi connectivity index (χ1v) is 7.04. The van der Waals surface area contributed by atoms with Gasteiger partial charge < -0.3 is 10.1 Å². The predicted molar refractivity (Wildman–Crippen MR) is 79.6 cm³/mol. The number of halogens is 1. The van der Waals surface area contributed by atoms with E-state index in [2.05, 4.69) is 16.8 Å². The van der Waals surface area contributed by atoms with Crippen molar-refractivity contribution in [1.29, 1.82) is 0 Å². The zero-order chi connectivity index (χ0) is 14.5. The molecule has 0 aromatic heterocycles. The smallest absolute Gasteiger partial charge is 0.165 e. The fourth-order valence-corrected chi connectivity index (χ4v) is 2.67. The van der Waals surface area contributed by atoms with Crippen LogP contribution in [0.2, 0.25) is 0 Å². The first kappa shape index (κ1) is 15.0. The number of piperazine rings is 1. The number of hydrogen-bond donors (Lipinski definition) is 1. The van der Waals surface area contributed by atoms with Crippen molar-refractivity contribution in [3.63, 3.8) is 0 Å². The normalized spacial score (nSPS) is 17.8. The Morgan fingerprint density at radius 3 is 2.75 bits per heavy atom. The molecule has 0 aliphatic carbocycles. The second-order valence-corrected chi connectivity index (χ2v) is 5.36. The molecule has 1 aliphatic heterocycles. The molecule has 1 saturated heterocycles. The molecule has 1 heterocycles. The highest BCUT2D eigenvalue weighted by Crippen LogP contribution is 2.30. The lowest BCUT2D eigenvalue weighted by molar-refractivity contribution is 0.172. The minimum atomic E-state index is -0.314. The van der Waals surface area contributed by atoms with E-state index in [4.69, 9.17) is 4.74 Å². The highest BCUT2D eigenvalue weighted by molar-refractivity contribution is 5.33. The summed E-state index contributed by atoms with van der Waals surface area (Å²) in [5.74, 6) is -0.00464. The molecule has 4 heteroatoms. The van der Waals surface area contributed by atoms with Gasteiger partial charge in [-0.25, -0.2) is 4.39 Å². The second kappa shape index (κ2) is 6.86. The van der Waals surface area contributed by atoms with Gasteiger partial charge in [0.15, 0.2) is 11.6 Å². The van der Waals surface area contributed by atoms with Crippen LogP contribution in [-0.2, 0) is 0 Å². The van der Waals surface area contributed by atoms with Crippen molar-refractivity contribution < 1.29 is 9.13 Å². The van der Waals surface area contributed by atoms with Crippen LogP contribution >= 0.6 is 0 Å². The van der Waals surface area contributed by atoms with E-state index in [9.17, 15) is 4.39 Å². The highest BCUT2D eigenvalue weighted by atomic mass is 19.1. The molecule has 3 nitrogen and oxygen atoms in total. The molecule has 0 unspecified atom stereocenters. The van der Waals surface area contributed by atoms with E-state index in [0.29, 0.717) is 5.75 Å². The van der Waals surface area contributed by atoms with Crippen LogP contribution in [0.5, 0.6) is 5.75 Å². The second-order valence-electron chi connectivity index (χ2n) is 5.36. The van der Waals surface area contributed by atoms with Crippen LogP contribution in [0, 0.1) is 5.82 Å². The number of ether oxygens (including phenoxy) is 1. The SMILES string of the molecule is C=C(C)C[C@@H](c1ccc(F)c(OC)c1)N1CCNCC1. The van der Waals surface area contributed by atoms with Crippen molar-refractivity contribution in [3.8, 4) is 5.75 Å². The molecule has 1 N–H and O–H groups in total. The Labute approximate surface area is 120 Å². The van der Waals surface area contributed by atoms with E-state index < -0.39 is 0 Å². The molecule has 110 valence electrons. The van der Waals surface area contributed by atoms with E-state index in [-0.39, 0.29) is 11.9 Å². The van der Waals surface area contributed by atoms with Crippen LogP contribution in [0.15, 0.2) is 30.4 Å². The van der Waals surface area contributed by atoms with Gasteiger partial charge in [-0.2, -0.15) is 0 Å². The minimum absolute atomic E-state index is 0.240. The Kier molecular flexibility index (Phi) is 5.15. The van der Waals surface area contributed by atoms with E-state index in [1.165, 1.54) is 13.2 Å². The Morgan fingerprint density at radius 2 is 2.15 bits per heavy atom. The largest absolute Gasteiger partial charge is 0.494 e. The van der Waals surface area contributed by atoms with Gasteiger partial charge in [0.1, 0.15) is 0 Å². The van der Waals surface area contributed by atoms with E-state index in [1.807, 2.05) is 19.1 Å². The number of benzene rings is 1. The van der Waals surface area contributed by atoms with Crippen LogP contribution in [0.25, 0.3) is 0 Å². The first-order chi connectivity index (χ1) is 9.61. The molecular weight excluding hydrogens is 255 g/mol. The Bertz CT molecular complexity index is 470. The number of methoxy groups -OCH3 is 1. The molecule has 2 rings (SSSR count). The van der Waals surface area contributed by atoms with Crippen LogP contribution < -0.4 is 10.1 Å². The lowest BCUT2D eigenvalue weighted by Gasteiger charge is -2.35. The summed E-state index contributed by atoms with van der Waals surface area (Å²) >= 11 is 0. The quantitative estimate of drug-likeness (QED) is 0.838. The Hall–Kier alpha value is -1.39. The van der Waals surface area contributed by atoms with Gasteiger partial charge in [0.2, 0.25) is 0 Å². The maximum atomic E-state index is 13.6.